The van der Waals surface area contributed by atoms with Gasteiger partial charge in [0.1, 0.15) is 17.0 Å². The summed E-state index contributed by atoms with van der Waals surface area (Å²) in [4.78, 5) is 29.7. The summed E-state index contributed by atoms with van der Waals surface area (Å²) in [7, 11) is 0. The molecule has 194 valence electrons. The first kappa shape index (κ1) is 23.9. The first-order valence-electron chi connectivity index (χ1n) is 13.5. The highest BCUT2D eigenvalue weighted by Crippen LogP contribution is 2.65. The summed E-state index contributed by atoms with van der Waals surface area (Å²) in [6.45, 7) is 2.07. The molecular weight excluding hydrogens is 486 g/mol. The van der Waals surface area contributed by atoms with Crippen LogP contribution < -0.4 is 5.32 Å². The molecule has 0 aromatic heterocycles. The van der Waals surface area contributed by atoms with Crippen LogP contribution in [-0.2, 0) is 10.3 Å². The SMILES string of the molecule is CC1N[C@@]2(C(=O)c3cccc4cccc2c34)[C@@]2(CCC/C(=C\c3ccc(O)cc3)C2=O)[C@H]1c1ccc(O)cc1. The van der Waals surface area contributed by atoms with Crippen molar-refractivity contribution in [3.63, 3.8) is 0 Å². The molecule has 1 aliphatic heterocycles. The highest BCUT2D eigenvalue weighted by Gasteiger charge is 2.73. The minimum atomic E-state index is -1.20. The average Bonchev–Trinajstić information content (AvgIpc) is 3.34. The largest absolute Gasteiger partial charge is 0.508 e. The smallest absolute Gasteiger partial charge is 0.189 e. The lowest BCUT2D eigenvalue weighted by molar-refractivity contribution is -0.130. The van der Waals surface area contributed by atoms with E-state index in [0.29, 0.717) is 24.0 Å². The van der Waals surface area contributed by atoms with Crippen molar-refractivity contribution >= 4 is 28.4 Å². The van der Waals surface area contributed by atoms with E-state index in [1.165, 1.54) is 0 Å². The van der Waals surface area contributed by atoms with Crippen LogP contribution in [0.25, 0.3) is 16.8 Å². The first-order valence-corrected chi connectivity index (χ1v) is 13.5. The number of rotatable bonds is 2. The molecule has 3 aliphatic rings. The Kier molecular flexibility index (Phi) is 5.13. The molecule has 1 saturated heterocycles. The normalized spacial score (nSPS) is 28.8. The van der Waals surface area contributed by atoms with E-state index in [2.05, 4.69) is 12.2 Å². The zero-order valence-corrected chi connectivity index (χ0v) is 21.6. The quantitative estimate of drug-likeness (QED) is 0.275. The molecule has 39 heavy (non-hydrogen) atoms. The van der Waals surface area contributed by atoms with Gasteiger partial charge in [-0.25, -0.2) is 0 Å². The molecule has 5 heteroatoms. The summed E-state index contributed by atoms with van der Waals surface area (Å²) in [5.74, 6) is 0.00324. The van der Waals surface area contributed by atoms with Gasteiger partial charge in [-0.2, -0.15) is 0 Å². The van der Waals surface area contributed by atoms with Crippen LogP contribution in [0.15, 0.2) is 90.5 Å². The summed E-state index contributed by atoms with van der Waals surface area (Å²) in [5.41, 5.74) is 1.75. The summed E-state index contributed by atoms with van der Waals surface area (Å²) in [6, 6.07) is 25.6. The fourth-order valence-corrected chi connectivity index (χ4v) is 7.86. The monoisotopic (exact) mass is 515 g/mol. The van der Waals surface area contributed by atoms with Gasteiger partial charge in [-0.1, -0.05) is 60.7 Å². The van der Waals surface area contributed by atoms with Gasteiger partial charge in [0.25, 0.3) is 0 Å². The number of aromatic hydroxyl groups is 2. The van der Waals surface area contributed by atoms with Crippen LogP contribution in [0.4, 0.5) is 0 Å². The van der Waals surface area contributed by atoms with Crippen LogP contribution in [0.5, 0.6) is 11.5 Å². The van der Waals surface area contributed by atoms with Crippen molar-refractivity contribution in [1.82, 2.24) is 5.32 Å². The third kappa shape index (κ3) is 3.11. The number of phenolic OH excluding ortho intramolecular Hbond substituents is 2. The van der Waals surface area contributed by atoms with Gasteiger partial charge in [0, 0.05) is 17.5 Å². The Morgan fingerprint density at radius 1 is 0.846 bits per heavy atom. The molecule has 5 nitrogen and oxygen atoms in total. The number of hydrogen-bond acceptors (Lipinski definition) is 5. The Balaban J connectivity index is 1.50. The lowest BCUT2D eigenvalue weighted by Crippen LogP contribution is -2.59. The van der Waals surface area contributed by atoms with E-state index in [4.69, 9.17) is 0 Å². The maximum atomic E-state index is 15.0. The molecule has 1 unspecified atom stereocenters. The van der Waals surface area contributed by atoms with Crippen molar-refractivity contribution < 1.29 is 19.8 Å². The van der Waals surface area contributed by atoms with E-state index in [0.717, 1.165) is 33.9 Å². The van der Waals surface area contributed by atoms with Crippen LogP contribution in [0.3, 0.4) is 0 Å². The van der Waals surface area contributed by atoms with Gasteiger partial charge < -0.3 is 10.2 Å². The summed E-state index contributed by atoms with van der Waals surface area (Å²) in [5, 5.41) is 25.5. The van der Waals surface area contributed by atoms with E-state index in [1.807, 2.05) is 54.6 Å². The fraction of sp³-hybridized carbons (Fsp3) is 0.235. The van der Waals surface area contributed by atoms with Crippen LogP contribution in [-0.4, -0.2) is 27.8 Å². The summed E-state index contributed by atoms with van der Waals surface area (Å²) >= 11 is 0. The Hall–Kier alpha value is -4.22. The van der Waals surface area contributed by atoms with Crippen molar-refractivity contribution in [2.24, 2.45) is 5.41 Å². The zero-order valence-electron chi connectivity index (χ0n) is 21.6. The third-order valence-electron chi connectivity index (χ3n) is 9.24. The first-order chi connectivity index (χ1) is 18.9. The van der Waals surface area contributed by atoms with Crippen molar-refractivity contribution in [2.45, 2.75) is 43.7 Å². The van der Waals surface area contributed by atoms with Gasteiger partial charge in [-0.05, 0) is 89.6 Å². The maximum absolute atomic E-state index is 15.0. The number of Topliss-reactive ketones (excluding diaryl/α,β-unsaturated/α-hetero) is 2. The minimum absolute atomic E-state index is 0.00471. The summed E-state index contributed by atoms with van der Waals surface area (Å²) < 4.78 is 0. The second-order valence-electron chi connectivity index (χ2n) is 11.2. The molecule has 4 aromatic carbocycles. The molecule has 3 N–H and O–H groups in total. The van der Waals surface area contributed by atoms with Crippen LogP contribution in [0.1, 0.15) is 59.2 Å². The van der Waals surface area contributed by atoms with Gasteiger partial charge in [0.15, 0.2) is 11.6 Å². The molecule has 0 bridgehead atoms. The fourth-order valence-electron chi connectivity index (χ4n) is 7.86. The molecule has 1 saturated carbocycles. The molecule has 2 fully saturated rings. The van der Waals surface area contributed by atoms with E-state index in [9.17, 15) is 15.0 Å². The average molecular weight is 516 g/mol. The van der Waals surface area contributed by atoms with Crippen LogP contribution >= 0.6 is 0 Å². The highest BCUT2D eigenvalue weighted by atomic mass is 16.3. The predicted octanol–water partition coefficient (Wildman–Crippen LogP) is 6.24. The van der Waals surface area contributed by atoms with Gasteiger partial charge >= 0.3 is 0 Å². The van der Waals surface area contributed by atoms with Crippen LogP contribution in [0.2, 0.25) is 0 Å². The Morgan fingerprint density at radius 2 is 1.51 bits per heavy atom. The Morgan fingerprint density at radius 3 is 2.23 bits per heavy atom. The van der Waals surface area contributed by atoms with Crippen molar-refractivity contribution in [3.8, 4) is 11.5 Å². The number of nitrogens with one attached hydrogen (secondary N) is 1. The Bertz CT molecular complexity index is 1680. The number of ketones is 2. The second kappa shape index (κ2) is 8.39. The Labute approximate surface area is 226 Å². The van der Waals surface area contributed by atoms with E-state index < -0.39 is 11.0 Å². The number of benzene rings is 4. The lowest BCUT2D eigenvalue weighted by Gasteiger charge is -2.47. The van der Waals surface area contributed by atoms with Gasteiger partial charge in [-0.3, -0.25) is 14.9 Å². The van der Waals surface area contributed by atoms with Crippen molar-refractivity contribution in [1.29, 1.82) is 0 Å². The molecule has 2 aliphatic carbocycles. The number of fused-ring (bicyclic) bond motifs is 2. The zero-order chi connectivity index (χ0) is 26.9. The molecular formula is C34H29NO4. The van der Waals surface area contributed by atoms with Gasteiger partial charge in [0.05, 0.1) is 5.41 Å². The number of phenols is 2. The topological polar surface area (TPSA) is 86.6 Å². The number of carbonyl (C=O) groups excluding carboxylic acids is 2. The minimum Gasteiger partial charge on any atom is -0.508 e. The van der Waals surface area contributed by atoms with E-state index >= 15 is 4.79 Å². The number of hydrogen-bond donors (Lipinski definition) is 3. The van der Waals surface area contributed by atoms with Crippen LogP contribution in [0, 0.1) is 5.41 Å². The third-order valence-corrected chi connectivity index (χ3v) is 9.24. The van der Waals surface area contributed by atoms with Gasteiger partial charge in [-0.15, -0.1) is 0 Å². The maximum Gasteiger partial charge on any atom is 0.189 e. The molecule has 2 spiro atoms. The number of carbonyl (C=O) groups is 2. The highest BCUT2D eigenvalue weighted by molar-refractivity contribution is 6.24. The van der Waals surface area contributed by atoms with E-state index in [1.54, 1.807) is 36.4 Å². The molecule has 0 amide bonds. The molecule has 4 aromatic rings. The van der Waals surface area contributed by atoms with Gasteiger partial charge in [0.2, 0.25) is 0 Å². The van der Waals surface area contributed by atoms with E-state index in [-0.39, 0.29) is 35.0 Å². The van der Waals surface area contributed by atoms with Crippen molar-refractivity contribution in [3.05, 3.63) is 113 Å². The van der Waals surface area contributed by atoms with Crippen molar-refractivity contribution in [2.75, 3.05) is 0 Å². The molecule has 1 heterocycles. The predicted molar refractivity (Wildman–Crippen MR) is 151 cm³/mol. The molecule has 4 atom stereocenters. The number of allylic oxidation sites excluding steroid dienone is 1. The standard InChI is InChI=1S/C34H29NO4/c1-20-30(23-12-16-26(37)17-13-23)33(18-4-7-24(31(33)38)19-21-10-14-25(36)15-11-21)34(35-20)28-9-3-6-22-5-2-8-27(29(22)28)32(34)39/h2-3,5-6,8-17,19-20,30,35-37H,4,7,18H2,1H3/b24-19+/t20?,30-,33+,34+/m1/s1. The lowest BCUT2D eigenvalue weighted by atomic mass is 9.52. The molecule has 7 rings (SSSR count). The second-order valence-corrected chi connectivity index (χ2v) is 11.2. The summed E-state index contributed by atoms with van der Waals surface area (Å²) in [6.07, 6.45) is 3.87. The molecule has 0 radical (unpaired) electrons.